The first kappa shape index (κ1) is 18.1. The molecule has 4 nitrogen and oxygen atoms in total. The van der Waals surface area contributed by atoms with Gasteiger partial charge in [-0.3, -0.25) is 4.79 Å². The lowest BCUT2D eigenvalue weighted by Crippen LogP contribution is -2.29. The Kier molecular flexibility index (Phi) is 5.03. The number of sulfone groups is 1. The zero-order valence-electron chi connectivity index (χ0n) is 13.5. The first-order valence-electron chi connectivity index (χ1n) is 7.13. The molecule has 0 spiro atoms. The topological polar surface area (TPSA) is 54.5 Å². The van der Waals surface area contributed by atoms with E-state index in [1.807, 2.05) is 0 Å². The summed E-state index contributed by atoms with van der Waals surface area (Å²) in [7, 11) is -1.91. The number of benzene rings is 2. The average Bonchev–Trinajstić information content (AvgIpc) is 2.54. The molecule has 0 aliphatic heterocycles. The predicted molar refractivity (Wildman–Crippen MR) is 86.4 cm³/mol. The van der Waals surface area contributed by atoms with E-state index in [9.17, 15) is 22.0 Å². The molecule has 0 aliphatic carbocycles. The van der Waals surface area contributed by atoms with Crippen LogP contribution in [0.3, 0.4) is 0 Å². The first-order valence-corrected chi connectivity index (χ1v) is 9.02. The fourth-order valence-corrected chi connectivity index (χ4v) is 2.90. The predicted octanol–water partition coefficient (Wildman–Crippen LogP) is 3.20. The van der Waals surface area contributed by atoms with Crippen LogP contribution in [0, 0.1) is 11.6 Å². The largest absolute Gasteiger partial charge is 0.335 e. The van der Waals surface area contributed by atoms with Gasteiger partial charge in [-0.2, -0.15) is 0 Å². The van der Waals surface area contributed by atoms with Crippen molar-refractivity contribution < 1.29 is 22.0 Å². The van der Waals surface area contributed by atoms with Gasteiger partial charge in [0, 0.05) is 18.9 Å². The summed E-state index contributed by atoms with van der Waals surface area (Å²) in [6, 6.07) is 8.62. The number of hydrogen-bond acceptors (Lipinski definition) is 3. The van der Waals surface area contributed by atoms with Crippen LogP contribution in [0.15, 0.2) is 47.4 Å². The van der Waals surface area contributed by atoms with Crippen LogP contribution in [-0.2, 0) is 9.84 Å². The van der Waals surface area contributed by atoms with Gasteiger partial charge in [0.2, 0.25) is 0 Å². The van der Waals surface area contributed by atoms with Crippen molar-refractivity contribution in [2.45, 2.75) is 17.9 Å². The highest BCUT2D eigenvalue weighted by atomic mass is 32.2. The van der Waals surface area contributed by atoms with Gasteiger partial charge in [-0.15, -0.1) is 0 Å². The molecule has 2 rings (SSSR count). The Morgan fingerprint density at radius 3 is 2.33 bits per heavy atom. The molecule has 0 saturated heterocycles. The third kappa shape index (κ3) is 3.79. The van der Waals surface area contributed by atoms with Crippen LogP contribution >= 0.6 is 0 Å². The molecule has 128 valence electrons. The fourth-order valence-electron chi connectivity index (χ4n) is 2.24. The molecule has 1 atom stereocenters. The molecule has 0 saturated carbocycles. The van der Waals surface area contributed by atoms with Gasteiger partial charge in [-0.25, -0.2) is 17.2 Å². The van der Waals surface area contributed by atoms with E-state index in [0.29, 0.717) is 5.56 Å². The number of carbonyl (C=O) groups excluding carboxylic acids is 1. The minimum atomic E-state index is -3.43. The Morgan fingerprint density at radius 2 is 1.75 bits per heavy atom. The molecule has 2 aromatic carbocycles. The molecular formula is C17H17F2NO3S. The van der Waals surface area contributed by atoms with Crippen LogP contribution in [0.1, 0.15) is 28.9 Å². The van der Waals surface area contributed by atoms with E-state index in [4.69, 9.17) is 0 Å². The molecule has 0 radical (unpaired) electrons. The van der Waals surface area contributed by atoms with Gasteiger partial charge in [0.05, 0.1) is 10.9 Å². The molecule has 0 N–H and O–H groups in total. The lowest BCUT2D eigenvalue weighted by atomic mass is 10.1. The van der Waals surface area contributed by atoms with Crippen molar-refractivity contribution >= 4 is 15.7 Å². The van der Waals surface area contributed by atoms with Gasteiger partial charge in [-0.05, 0) is 42.8 Å². The summed E-state index contributed by atoms with van der Waals surface area (Å²) in [6.45, 7) is 1.67. The molecule has 0 aliphatic rings. The average molecular weight is 353 g/mol. The van der Waals surface area contributed by atoms with Crippen LogP contribution in [0.25, 0.3) is 0 Å². The second-order valence-corrected chi connectivity index (χ2v) is 7.58. The normalized spacial score (nSPS) is 12.7. The van der Waals surface area contributed by atoms with Gasteiger partial charge in [0.1, 0.15) is 0 Å². The lowest BCUT2D eigenvalue weighted by molar-refractivity contribution is 0.0742. The number of rotatable bonds is 4. The highest BCUT2D eigenvalue weighted by molar-refractivity contribution is 7.90. The number of halogens is 2. The van der Waals surface area contributed by atoms with Crippen molar-refractivity contribution in [3.8, 4) is 0 Å². The van der Waals surface area contributed by atoms with Gasteiger partial charge in [0.25, 0.3) is 5.91 Å². The van der Waals surface area contributed by atoms with Gasteiger partial charge in [-0.1, -0.05) is 12.1 Å². The third-order valence-corrected chi connectivity index (χ3v) is 4.95. The van der Waals surface area contributed by atoms with Crippen molar-refractivity contribution in [1.29, 1.82) is 0 Å². The van der Waals surface area contributed by atoms with Gasteiger partial charge >= 0.3 is 0 Å². The van der Waals surface area contributed by atoms with Crippen molar-refractivity contribution in [3.63, 3.8) is 0 Å². The quantitative estimate of drug-likeness (QED) is 0.848. The highest BCUT2D eigenvalue weighted by Crippen LogP contribution is 2.23. The first-order chi connectivity index (χ1) is 11.1. The Hall–Kier alpha value is -2.28. The van der Waals surface area contributed by atoms with E-state index < -0.39 is 33.4 Å². The monoisotopic (exact) mass is 353 g/mol. The fraction of sp³-hybridized carbons (Fsp3) is 0.235. The number of carbonyl (C=O) groups is 1. The van der Waals surface area contributed by atoms with Crippen molar-refractivity contribution in [2.24, 2.45) is 0 Å². The summed E-state index contributed by atoms with van der Waals surface area (Å²) in [5.41, 5.74) is 0.638. The third-order valence-electron chi connectivity index (χ3n) is 3.84. The molecule has 0 bridgehead atoms. The Balaban J connectivity index is 2.30. The van der Waals surface area contributed by atoms with Crippen LogP contribution in [-0.4, -0.2) is 32.5 Å². The lowest BCUT2D eigenvalue weighted by Gasteiger charge is -2.25. The smallest absolute Gasteiger partial charge is 0.254 e. The molecule has 0 heterocycles. The maximum atomic E-state index is 13.4. The summed E-state index contributed by atoms with van der Waals surface area (Å²) in [5.74, 6) is -2.36. The maximum Gasteiger partial charge on any atom is 0.254 e. The van der Waals surface area contributed by atoms with E-state index in [2.05, 4.69) is 0 Å². The summed E-state index contributed by atoms with van der Waals surface area (Å²) in [4.78, 5) is 13.9. The molecule has 1 unspecified atom stereocenters. The SMILES string of the molecule is CC(c1ccc(F)c(F)c1)N(C)C(=O)c1cccc(S(C)(=O)=O)c1. The van der Waals surface area contributed by atoms with Crippen LogP contribution < -0.4 is 0 Å². The Labute approximate surface area is 139 Å². The maximum absolute atomic E-state index is 13.4. The van der Waals surface area contributed by atoms with E-state index in [1.54, 1.807) is 6.92 Å². The van der Waals surface area contributed by atoms with E-state index in [-0.39, 0.29) is 10.5 Å². The molecular weight excluding hydrogens is 336 g/mol. The Morgan fingerprint density at radius 1 is 1.08 bits per heavy atom. The molecule has 0 aromatic heterocycles. The van der Waals surface area contributed by atoms with Crippen molar-refractivity contribution in [2.75, 3.05) is 13.3 Å². The van der Waals surface area contributed by atoms with E-state index >= 15 is 0 Å². The number of amides is 1. The second-order valence-electron chi connectivity index (χ2n) is 5.57. The van der Waals surface area contributed by atoms with Crippen molar-refractivity contribution in [3.05, 3.63) is 65.2 Å². The zero-order chi connectivity index (χ0) is 18.1. The molecule has 24 heavy (non-hydrogen) atoms. The summed E-state index contributed by atoms with van der Waals surface area (Å²) in [6.07, 6.45) is 1.06. The summed E-state index contributed by atoms with van der Waals surface area (Å²) < 4.78 is 49.6. The van der Waals surface area contributed by atoms with E-state index in [1.165, 1.54) is 42.3 Å². The minimum absolute atomic E-state index is 0.0437. The van der Waals surface area contributed by atoms with Crippen LogP contribution in [0.2, 0.25) is 0 Å². The van der Waals surface area contributed by atoms with Crippen molar-refractivity contribution in [1.82, 2.24) is 4.90 Å². The standard InChI is InChI=1S/C17H17F2NO3S/c1-11(12-7-8-15(18)16(19)10-12)20(2)17(21)13-5-4-6-14(9-13)24(3,22)23/h4-11H,1-3H3. The van der Waals surface area contributed by atoms with Crippen LogP contribution in [0.4, 0.5) is 8.78 Å². The van der Waals surface area contributed by atoms with E-state index in [0.717, 1.165) is 18.4 Å². The Bertz CT molecular complexity index is 881. The summed E-state index contributed by atoms with van der Waals surface area (Å²) >= 11 is 0. The summed E-state index contributed by atoms with van der Waals surface area (Å²) in [5, 5.41) is 0. The minimum Gasteiger partial charge on any atom is -0.335 e. The highest BCUT2D eigenvalue weighted by Gasteiger charge is 2.21. The number of hydrogen-bond donors (Lipinski definition) is 0. The number of nitrogens with zero attached hydrogens (tertiary/aromatic N) is 1. The molecule has 2 aromatic rings. The molecule has 1 amide bonds. The molecule has 7 heteroatoms. The molecule has 0 fully saturated rings. The van der Waals surface area contributed by atoms with Gasteiger partial charge in [0.15, 0.2) is 21.5 Å². The van der Waals surface area contributed by atoms with Crippen LogP contribution in [0.5, 0.6) is 0 Å². The zero-order valence-corrected chi connectivity index (χ0v) is 14.3. The second kappa shape index (κ2) is 6.68. The van der Waals surface area contributed by atoms with Gasteiger partial charge < -0.3 is 4.90 Å².